The van der Waals surface area contributed by atoms with Crippen molar-refractivity contribution in [3.8, 4) is 11.5 Å². The van der Waals surface area contributed by atoms with Gasteiger partial charge in [-0.05, 0) is 6.92 Å². The maximum Gasteiger partial charge on any atom is 0.183 e. The summed E-state index contributed by atoms with van der Waals surface area (Å²) in [6.07, 6.45) is 3.55. The van der Waals surface area contributed by atoms with Crippen molar-refractivity contribution in [2.45, 2.75) is 19.5 Å². The fourth-order valence-corrected chi connectivity index (χ4v) is 1.32. The Morgan fingerprint density at radius 1 is 1.50 bits per heavy atom. The Morgan fingerprint density at radius 2 is 2.25 bits per heavy atom. The van der Waals surface area contributed by atoms with E-state index in [4.69, 9.17) is 9.47 Å². The van der Waals surface area contributed by atoms with Crippen molar-refractivity contribution >= 4 is 0 Å². The number of hydrogen-bond acceptors (Lipinski definition) is 4. The van der Waals surface area contributed by atoms with Gasteiger partial charge in [0.25, 0.3) is 0 Å². The van der Waals surface area contributed by atoms with Crippen LogP contribution in [0.2, 0.25) is 0 Å². The minimum atomic E-state index is 0.234. The highest BCUT2D eigenvalue weighted by molar-refractivity contribution is 5.42. The maximum absolute atomic E-state index is 5.28. The van der Waals surface area contributed by atoms with E-state index in [-0.39, 0.29) is 6.04 Å². The van der Waals surface area contributed by atoms with Gasteiger partial charge in [-0.1, -0.05) is 6.08 Å². The molecule has 1 atom stereocenters. The summed E-state index contributed by atoms with van der Waals surface area (Å²) < 4.78 is 10.5. The van der Waals surface area contributed by atoms with Gasteiger partial charge in [0.2, 0.25) is 0 Å². The zero-order chi connectivity index (χ0) is 12.0. The molecule has 0 aliphatic heterocycles. The molecule has 0 aliphatic carbocycles. The van der Waals surface area contributed by atoms with Gasteiger partial charge in [-0.2, -0.15) is 0 Å². The fourth-order valence-electron chi connectivity index (χ4n) is 1.32. The van der Waals surface area contributed by atoms with E-state index in [0.29, 0.717) is 18.0 Å². The number of pyridine rings is 1. The van der Waals surface area contributed by atoms with Crippen molar-refractivity contribution in [2.75, 3.05) is 14.2 Å². The first kappa shape index (κ1) is 12.5. The minimum absolute atomic E-state index is 0.234. The summed E-state index contributed by atoms with van der Waals surface area (Å²) in [6, 6.07) is 2.01. The van der Waals surface area contributed by atoms with Crippen LogP contribution in [0.4, 0.5) is 0 Å². The molecule has 88 valence electrons. The molecule has 1 rings (SSSR count). The first-order valence-corrected chi connectivity index (χ1v) is 5.14. The minimum Gasteiger partial charge on any atom is -0.493 e. The number of hydrogen-bond donors (Lipinski definition) is 1. The molecule has 0 amide bonds. The third-order valence-electron chi connectivity index (χ3n) is 2.31. The summed E-state index contributed by atoms with van der Waals surface area (Å²) in [4.78, 5) is 4.26. The van der Waals surface area contributed by atoms with Crippen molar-refractivity contribution in [3.05, 3.63) is 30.6 Å². The summed E-state index contributed by atoms with van der Waals surface area (Å²) in [6.45, 7) is 6.36. The molecule has 1 aromatic heterocycles. The molecule has 0 bridgehead atoms. The largest absolute Gasteiger partial charge is 0.493 e. The van der Waals surface area contributed by atoms with E-state index in [1.165, 1.54) is 0 Å². The predicted octanol–water partition coefficient (Wildman–Crippen LogP) is 1.76. The third-order valence-corrected chi connectivity index (χ3v) is 2.31. The highest BCUT2D eigenvalue weighted by Crippen LogP contribution is 2.28. The average molecular weight is 222 g/mol. The van der Waals surface area contributed by atoms with E-state index >= 15 is 0 Å². The van der Waals surface area contributed by atoms with Gasteiger partial charge in [0.05, 0.1) is 19.9 Å². The summed E-state index contributed by atoms with van der Waals surface area (Å²) in [5, 5.41) is 3.26. The molecule has 1 aromatic rings. The molecule has 0 fully saturated rings. The van der Waals surface area contributed by atoms with Crippen molar-refractivity contribution < 1.29 is 9.47 Å². The van der Waals surface area contributed by atoms with Gasteiger partial charge in [-0.15, -0.1) is 6.58 Å². The molecule has 0 saturated heterocycles. The lowest BCUT2D eigenvalue weighted by Crippen LogP contribution is -2.23. The molecule has 0 aliphatic rings. The van der Waals surface area contributed by atoms with Gasteiger partial charge in [0.15, 0.2) is 11.5 Å². The summed E-state index contributed by atoms with van der Waals surface area (Å²) in [5.74, 6) is 1.37. The SMILES string of the molecule is C=CC(C)NCc1nccc(OC)c1OC. The second-order valence-electron chi connectivity index (χ2n) is 3.40. The average Bonchev–Trinajstić information content (AvgIpc) is 2.34. The number of aromatic nitrogens is 1. The van der Waals surface area contributed by atoms with E-state index in [2.05, 4.69) is 16.9 Å². The molecule has 4 nitrogen and oxygen atoms in total. The van der Waals surface area contributed by atoms with E-state index in [0.717, 1.165) is 5.69 Å². The van der Waals surface area contributed by atoms with Gasteiger partial charge in [-0.25, -0.2) is 0 Å². The van der Waals surface area contributed by atoms with Crippen molar-refractivity contribution in [2.24, 2.45) is 0 Å². The molecule has 4 heteroatoms. The van der Waals surface area contributed by atoms with Crippen LogP contribution in [0.1, 0.15) is 12.6 Å². The lowest BCUT2D eigenvalue weighted by Gasteiger charge is -2.13. The zero-order valence-corrected chi connectivity index (χ0v) is 9.99. The number of nitrogens with one attached hydrogen (secondary N) is 1. The van der Waals surface area contributed by atoms with Crippen molar-refractivity contribution in [1.82, 2.24) is 10.3 Å². The molecule has 16 heavy (non-hydrogen) atoms. The molecule has 0 aromatic carbocycles. The van der Waals surface area contributed by atoms with Crippen LogP contribution in [0.5, 0.6) is 11.5 Å². The Hall–Kier alpha value is -1.55. The lowest BCUT2D eigenvalue weighted by atomic mass is 10.2. The van der Waals surface area contributed by atoms with Gasteiger partial charge >= 0.3 is 0 Å². The van der Waals surface area contributed by atoms with Crippen LogP contribution in [0.3, 0.4) is 0 Å². The number of ether oxygens (including phenoxy) is 2. The summed E-state index contributed by atoms with van der Waals surface area (Å²) >= 11 is 0. The molecule has 1 N–H and O–H groups in total. The van der Waals surface area contributed by atoms with E-state index in [1.807, 2.05) is 13.0 Å². The molecule has 1 heterocycles. The van der Waals surface area contributed by atoms with Crippen LogP contribution in [0.15, 0.2) is 24.9 Å². The molecule has 1 unspecified atom stereocenters. The molecular formula is C12H18N2O2. The van der Waals surface area contributed by atoms with Crippen molar-refractivity contribution in [1.29, 1.82) is 0 Å². The van der Waals surface area contributed by atoms with Crippen LogP contribution >= 0.6 is 0 Å². The lowest BCUT2D eigenvalue weighted by molar-refractivity contribution is 0.348. The Bertz CT molecular complexity index is 353. The van der Waals surface area contributed by atoms with Gasteiger partial charge in [0.1, 0.15) is 0 Å². The highest BCUT2D eigenvalue weighted by atomic mass is 16.5. The van der Waals surface area contributed by atoms with Gasteiger partial charge in [0, 0.05) is 24.8 Å². The van der Waals surface area contributed by atoms with E-state index < -0.39 is 0 Å². The molecule has 0 radical (unpaired) electrons. The normalized spacial score (nSPS) is 11.9. The first-order chi connectivity index (χ1) is 7.72. The molecule has 0 saturated carbocycles. The summed E-state index contributed by atoms with van der Waals surface area (Å²) in [5.41, 5.74) is 0.829. The molecule has 0 spiro atoms. The topological polar surface area (TPSA) is 43.4 Å². The third kappa shape index (κ3) is 2.97. The van der Waals surface area contributed by atoms with Gasteiger partial charge < -0.3 is 14.8 Å². The Kier molecular flexibility index (Phi) is 4.79. The van der Waals surface area contributed by atoms with Crippen LogP contribution in [0.25, 0.3) is 0 Å². The van der Waals surface area contributed by atoms with Crippen LogP contribution in [-0.4, -0.2) is 25.2 Å². The predicted molar refractivity (Wildman–Crippen MR) is 63.8 cm³/mol. The van der Waals surface area contributed by atoms with Gasteiger partial charge in [-0.3, -0.25) is 4.98 Å². The van der Waals surface area contributed by atoms with Crippen LogP contribution in [0, 0.1) is 0 Å². The number of nitrogens with zero attached hydrogens (tertiary/aromatic N) is 1. The van der Waals surface area contributed by atoms with E-state index in [9.17, 15) is 0 Å². The highest BCUT2D eigenvalue weighted by Gasteiger charge is 2.10. The smallest absolute Gasteiger partial charge is 0.183 e. The first-order valence-electron chi connectivity index (χ1n) is 5.14. The van der Waals surface area contributed by atoms with Crippen LogP contribution < -0.4 is 14.8 Å². The summed E-state index contributed by atoms with van der Waals surface area (Å²) in [7, 11) is 3.22. The van der Waals surface area contributed by atoms with Crippen LogP contribution in [-0.2, 0) is 6.54 Å². The second-order valence-corrected chi connectivity index (χ2v) is 3.40. The zero-order valence-electron chi connectivity index (χ0n) is 9.99. The second kappa shape index (κ2) is 6.12. The monoisotopic (exact) mass is 222 g/mol. The Balaban J connectivity index is 2.82. The molecular weight excluding hydrogens is 204 g/mol. The number of methoxy groups -OCH3 is 2. The maximum atomic E-state index is 5.28. The number of rotatable bonds is 6. The fraction of sp³-hybridized carbons (Fsp3) is 0.417. The standard InChI is InChI=1S/C12H18N2O2/c1-5-9(2)14-8-10-12(16-4)11(15-3)6-7-13-10/h5-7,9,14H,1,8H2,2-4H3. The quantitative estimate of drug-likeness (QED) is 0.745. The van der Waals surface area contributed by atoms with E-state index in [1.54, 1.807) is 26.5 Å². The Morgan fingerprint density at radius 3 is 2.81 bits per heavy atom. The Labute approximate surface area is 96.3 Å². The van der Waals surface area contributed by atoms with Crippen molar-refractivity contribution in [3.63, 3.8) is 0 Å².